The molecule has 0 saturated carbocycles. The number of fused-ring (bicyclic) bond motifs is 1. The third-order valence-corrected chi connectivity index (χ3v) is 6.62. The van der Waals surface area contributed by atoms with Gasteiger partial charge in [0.25, 0.3) is 0 Å². The number of nitrogens with one attached hydrogen (secondary N) is 1. The van der Waals surface area contributed by atoms with E-state index in [0.717, 1.165) is 5.56 Å². The monoisotopic (exact) mass is 471 g/mol. The molecule has 1 aliphatic heterocycles. The van der Waals surface area contributed by atoms with Crippen LogP contribution in [-0.4, -0.2) is 18.9 Å². The summed E-state index contributed by atoms with van der Waals surface area (Å²) in [5.41, 5.74) is 2.75. The Morgan fingerprint density at radius 1 is 1.11 bits per heavy atom. The predicted octanol–water partition coefficient (Wildman–Crippen LogP) is 4.37. The number of ether oxygens (including phenoxy) is 2. The van der Waals surface area contributed by atoms with Gasteiger partial charge in [-0.15, -0.1) is 0 Å². The summed E-state index contributed by atoms with van der Waals surface area (Å²) in [5.74, 6) is -1.75. The van der Waals surface area contributed by atoms with Gasteiger partial charge in [0.05, 0.1) is 18.8 Å². The van der Waals surface area contributed by atoms with E-state index in [4.69, 9.17) is 13.9 Å². The Labute approximate surface area is 202 Å². The van der Waals surface area contributed by atoms with Crippen LogP contribution in [0.15, 0.2) is 87.6 Å². The maximum atomic E-state index is 13.5. The van der Waals surface area contributed by atoms with Gasteiger partial charge in [-0.1, -0.05) is 30.8 Å². The zero-order valence-corrected chi connectivity index (χ0v) is 19.3. The van der Waals surface area contributed by atoms with E-state index in [2.05, 4.69) is 11.9 Å². The van der Waals surface area contributed by atoms with Gasteiger partial charge in [-0.2, -0.15) is 0 Å². The molecule has 5 rings (SSSR count). The fourth-order valence-corrected chi connectivity index (χ4v) is 4.88. The Kier molecular flexibility index (Phi) is 5.99. The zero-order chi connectivity index (χ0) is 24.5. The molecule has 0 bridgehead atoms. The van der Waals surface area contributed by atoms with Gasteiger partial charge in [-0.25, -0.2) is 0 Å². The highest BCUT2D eigenvalue weighted by molar-refractivity contribution is 6.00. The Morgan fingerprint density at radius 3 is 2.66 bits per heavy atom. The van der Waals surface area contributed by atoms with Gasteiger partial charge in [0.1, 0.15) is 23.9 Å². The smallest absolute Gasteiger partial charge is 0.316 e. The quantitative estimate of drug-likeness (QED) is 0.552. The molecule has 178 valence electrons. The number of carbonyl (C=O) groups excluding carboxylic acids is 2. The Bertz CT molecular complexity index is 1420. The first-order chi connectivity index (χ1) is 17.0. The van der Waals surface area contributed by atoms with Gasteiger partial charge in [0.2, 0.25) is 0 Å². The highest BCUT2D eigenvalue weighted by Crippen LogP contribution is 2.43. The van der Waals surface area contributed by atoms with E-state index in [1.807, 2.05) is 0 Å². The van der Waals surface area contributed by atoms with E-state index in [-0.39, 0.29) is 23.4 Å². The van der Waals surface area contributed by atoms with E-state index in [9.17, 15) is 14.4 Å². The molecule has 3 aromatic rings. The Hall–Kier alpha value is -4.13. The van der Waals surface area contributed by atoms with E-state index in [0.29, 0.717) is 52.9 Å². The average molecular weight is 472 g/mol. The summed E-state index contributed by atoms with van der Waals surface area (Å²) in [6, 6.07) is 14.1. The average Bonchev–Trinajstić information content (AvgIpc) is 2.87. The van der Waals surface area contributed by atoms with Crippen molar-refractivity contribution in [3.05, 3.63) is 99.7 Å². The molecule has 1 aromatic heterocycles. The normalized spacial score (nSPS) is 19.8. The van der Waals surface area contributed by atoms with E-state index >= 15 is 0 Å². The molecule has 1 N–H and O–H groups in total. The lowest BCUT2D eigenvalue weighted by molar-refractivity contribution is -0.149. The molecule has 0 fully saturated rings. The maximum Gasteiger partial charge on any atom is 0.316 e. The number of esters is 1. The van der Waals surface area contributed by atoms with Crippen LogP contribution < -0.4 is 15.5 Å². The number of para-hydroxylation sites is 1. The summed E-state index contributed by atoms with van der Waals surface area (Å²) in [4.78, 5) is 40.0. The fraction of sp³-hybridized carbons (Fsp3) is 0.250. The summed E-state index contributed by atoms with van der Waals surface area (Å²) < 4.78 is 16.6. The summed E-state index contributed by atoms with van der Waals surface area (Å²) in [6.07, 6.45) is 3.06. The number of Topliss-reactive ketones (excluding diaryl/α,β-unsaturated/α-hetero) is 1. The minimum absolute atomic E-state index is 0.0332. The molecule has 0 amide bonds. The van der Waals surface area contributed by atoms with Crippen LogP contribution in [0, 0.1) is 5.92 Å². The lowest BCUT2D eigenvalue weighted by Crippen LogP contribution is -2.42. The van der Waals surface area contributed by atoms with Crippen LogP contribution in [0.25, 0.3) is 11.0 Å². The molecule has 1 aliphatic carbocycles. The van der Waals surface area contributed by atoms with E-state index in [1.54, 1.807) is 55.6 Å². The first kappa shape index (κ1) is 22.7. The third-order valence-electron chi connectivity index (χ3n) is 6.62. The van der Waals surface area contributed by atoms with Crippen LogP contribution in [0.2, 0.25) is 0 Å². The first-order valence-corrected chi connectivity index (χ1v) is 11.5. The standard InChI is InChI=1S/C28H25NO6/c1-16-24(28(32)35-14-17-10-12-18(33-2)13-11-17)25(26-21(29-16)7-5-8-22(26)30)20-15-34-23-9-4-3-6-19(23)27(20)31/h3-4,6,9-13,15,24-25,29H,1,5,7-8,14H2,2H3. The molecule has 0 saturated heterocycles. The summed E-state index contributed by atoms with van der Waals surface area (Å²) in [6.45, 7) is 4.10. The first-order valence-electron chi connectivity index (χ1n) is 11.5. The lowest BCUT2D eigenvalue weighted by atomic mass is 9.71. The van der Waals surface area contributed by atoms with Crippen molar-refractivity contribution in [3.63, 3.8) is 0 Å². The Morgan fingerprint density at radius 2 is 1.89 bits per heavy atom. The molecule has 2 atom stereocenters. The van der Waals surface area contributed by atoms with Gasteiger partial charge in [-0.3, -0.25) is 14.4 Å². The minimum atomic E-state index is -0.960. The second-order valence-corrected chi connectivity index (χ2v) is 8.75. The van der Waals surface area contributed by atoms with Crippen molar-refractivity contribution < 1.29 is 23.5 Å². The van der Waals surface area contributed by atoms with Crippen molar-refractivity contribution in [2.24, 2.45) is 5.92 Å². The summed E-state index contributed by atoms with van der Waals surface area (Å²) in [7, 11) is 1.58. The van der Waals surface area contributed by atoms with Crippen LogP contribution in [0.4, 0.5) is 0 Å². The molecule has 2 heterocycles. The van der Waals surface area contributed by atoms with Crippen LogP contribution in [0.1, 0.15) is 36.3 Å². The number of hydrogen-bond donors (Lipinski definition) is 1. The molecular formula is C28H25NO6. The highest BCUT2D eigenvalue weighted by Gasteiger charge is 2.45. The number of carbonyl (C=O) groups is 2. The lowest BCUT2D eigenvalue weighted by Gasteiger charge is -2.37. The van der Waals surface area contributed by atoms with Gasteiger partial charge in [0, 0.05) is 34.9 Å². The molecule has 2 aliphatic rings. The van der Waals surface area contributed by atoms with E-state index in [1.165, 1.54) is 6.26 Å². The van der Waals surface area contributed by atoms with Gasteiger partial charge < -0.3 is 19.2 Å². The largest absolute Gasteiger partial charge is 0.497 e. The molecule has 2 unspecified atom stereocenters. The number of methoxy groups -OCH3 is 1. The van der Waals surface area contributed by atoms with Crippen molar-refractivity contribution in [2.75, 3.05) is 7.11 Å². The fourth-order valence-electron chi connectivity index (χ4n) is 4.88. The van der Waals surface area contributed by atoms with E-state index < -0.39 is 17.8 Å². The number of hydrogen-bond acceptors (Lipinski definition) is 7. The molecule has 7 heteroatoms. The number of ketones is 1. The van der Waals surface area contributed by atoms with Crippen molar-refractivity contribution in [1.82, 2.24) is 5.32 Å². The molecular weight excluding hydrogens is 446 g/mol. The molecule has 0 radical (unpaired) electrons. The van der Waals surface area contributed by atoms with Crippen molar-refractivity contribution in [1.29, 1.82) is 0 Å². The number of rotatable bonds is 5. The number of benzene rings is 2. The summed E-state index contributed by atoms with van der Waals surface area (Å²) >= 11 is 0. The SMILES string of the molecule is C=C1NC2=C(C(=O)CCC2)C(c2coc3ccccc3c2=O)C1C(=O)OCc1ccc(OC)cc1. The second-order valence-electron chi connectivity index (χ2n) is 8.75. The van der Waals surface area contributed by atoms with Gasteiger partial charge >= 0.3 is 5.97 Å². The van der Waals surface area contributed by atoms with Gasteiger partial charge in [-0.05, 0) is 42.7 Å². The van der Waals surface area contributed by atoms with Gasteiger partial charge in [0.15, 0.2) is 11.2 Å². The van der Waals surface area contributed by atoms with Crippen LogP contribution in [0.5, 0.6) is 5.75 Å². The zero-order valence-electron chi connectivity index (χ0n) is 19.3. The highest BCUT2D eigenvalue weighted by atomic mass is 16.5. The number of allylic oxidation sites excluding steroid dienone is 2. The second kappa shape index (κ2) is 9.25. The topological polar surface area (TPSA) is 94.8 Å². The molecule has 0 spiro atoms. The molecule has 35 heavy (non-hydrogen) atoms. The summed E-state index contributed by atoms with van der Waals surface area (Å²) in [5, 5.41) is 3.56. The molecule has 2 aromatic carbocycles. The molecule has 7 nitrogen and oxygen atoms in total. The maximum absolute atomic E-state index is 13.5. The third kappa shape index (κ3) is 4.14. The van der Waals surface area contributed by atoms with Crippen LogP contribution in [0.3, 0.4) is 0 Å². The Balaban J connectivity index is 1.55. The van der Waals surface area contributed by atoms with Crippen molar-refractivity contribution in [2.45, 2.75) is 31.8 Å². The van der Waals surface area contributed by atoms with Crippen molar-refractivity contribution >= 4 is 22.7 Å². The van der Waals surface area contributed by atoms with Crippen LogP contribution in [-0.2, 0) is 20.9 Å². The minimum Gasteiger partial charge on any atom is -0.497 e. The van der Waals surface area contributed by atoms with Crippen LogP contribution >= 0.6 is 0 Å². The predicted molar refractivity (Wildman–Crippen MR) is 130 cm³/mol. The van der Waals surface area contributed by atoms with Crippen molar-refractivity contribution in [3.8, 4) is 5.75 Å².